The first-order valence-corrected chi connectivity index (χ1v) is 14.1. The minimum Gasteiger partial charge on any atom is -0.390 e. The number of nitrogens with two attached hydrogens (primary N) is 1. The Morgan fingerprint density at radius 2 is 2.08 bits per heavy atom. The molecule has 5 atom stereocenters. The fourth-order valence-corrected chi connectivity index (χ4v) is 6.21. The molecule has 0 spiro atoms. The van der Waals surface area contributed by atoms with Crippen LogP contribution in [0.3, 0.4) is 0 Å². The summed E-state index contributed by atoms with van der Waals surface area (Å²) in [7, 11) is -4.18. The molecule has 1 saturated carbocycles. The van der Waals surface area contributed by atoms with Crippen LogP contribution in [0.15, 0.2) is 48.2 Å². The van der Waals surface area contributed by atoms with E-state index >= 15 is 0 Å². The number of rotatable bonds is 8. The number of nitrogens with one attached hydrogen (secondary N) is 2. The minimum absolute atomic E-state index is 0.000945. The summed E-state index contributed by atoms with van der Waals surface area (Å²) in [6.45, 7) is 0.474. The van der Waals surface area contributed by atoms with Gasteiger partial charge in [-0.05, 0) is 41.0 Å². The summed E-state index contributed by atoms with van der Waals surface area (Å²) < 4.78 is 26.8. The van der Waals surface area contributed by atoms with Crippen molar-refractivity contribution >= 4 is 33.2 Å². The van der Waals surface area contributed by atoms with E-state index in [4.69, 9.17) is 5.14 Å². The molecule has 5 rings (SSSR count). The summed E-state index contributed by atoms with van der Waals surface area (Å²) in [6.07, 6.45) is 1.33. The van der Waals surface area contributed by atoms with Gasteiger partial charge in [-0.3, -0.25) is 8.98 Å². The molecule has 6 N–H and O–H groups in total. The van der Waals surface area contributed by atoms with Crippen molar-refractivity contribution in [3.8, 4) is 0 Å². The van der Waals surface area contributed by atoms with Crippen molar-refractivity contribution < 1.29 is 27.6 Å². The van der Waals surface area contributed by atoms with Crippen LogP contribution in [0, 0.1) is 5.92 Å². The van der Waals surface area contributed by atoms with Crippen molar-refractivity contribution in [2.75, 3.05) is 18.5 Å². The number of carbonyl (C=O) groups excluding carboxylic acids is 1. The first-order chi connectivity index (χ1) is 17.7. The van der Waals surface area contributed by atoms with Gasteiger partial charge in [-0.25, -0.2) is 15.1 Å². The molecule has 1 fully saturated rings. The number of benzene rings is 1. The predicted molar refractivity (Wildman–Crippen MR) is 136 cm³/mol. The van der Waals surface area contributed by atoms with E-state index in [1.807, 2.05) is 23.6 Å². The number of hydrogen-bond acceptors (Lipinski definition) is 11. The maximum absolute atomic E-state index is 13.5. The molecule has 37 heavy (non-hydrogen) atoms. The highest BCUT2D eigenvalue weighted by molar-refractivity contribution is 7.84. The Kier molecular flexibility index (Phi) is 7.36. The lowest BCUT2D eigenvalue weighted by atomic mass is 9.91. The Hall–Kier alpha value is -2.78. The summed E-state index contributed by atoms with van der Waals surface area (Å²) in [6, 6.07) is 9.44. The maximum Gasteiger partial charge on any atom is 0.333 e. The number of aliphatic hydroxyl groups is 2. The van der Waals surface area contributed by atoms with E-state index in [-0.39, 0.29) is 36.2 Å². The van der Waals surface area contributed by atoms with Gasteiger partial charge in [0.2, 0.25) is 5.78 Å². The third-order valence-electron chi connectivity index (χ3n) is 6.81. The molecular weight excluding hydrogens is 518 g/mol. The monoisotopic (exact) mass is 545 g/mol. The van der Waals surface area contributed by atoms with Crippen LogP contribution in [0.2, 0.25) is 0 Å². The highest BCUT2D eigenvalue weighted by Crippen LogP contribution is 2.34. The van der Waals surface area contributed by atoms with Crippen molar-refractivity contribution in [2.45, 2.75) is 37.1 Å². The molecule has 11 nitrogen and oxygen atoms in total. The van der Waals surface area contributed by atoms with Crippen LogP contribution in [0.4, 0.5) is 5.82 Å². The van der Waals surface area contributed by atoms with Crippen molar-refractivity contribution in [1.82, 2.24) is 15.3 Å². The Balaban J connectivity index is 1.33. The van der Waals surface area contributed by atoms with Gasteiger partial charge < -0.3 is 20.8 Å². The van der Waals surface area contributed by atoms with Gasteiger partial charge >= 0.3 is 10.3 Å². The Labute approximate surface area is 218 Å². The first-order valence-electron chi connectivity index (χ1n) is 11.8. The molecule has 13 heteroatoms. The third kappa shape index (κ3) is 5.57. The Morgan fingerprint density at radius 1 is 1.27 bits per heavy atom. The molecule has 0 amide bonds. The summed E-state index contributed by atoms with van der Waals surface area (Å²) >= 11 is 1.33. The van der Waals surface area contributed by atoms with Crippen molar-refractivity contribution in [1.29, 1.82) is 0 Å². The largest absolute Gasteiger partial charge is 0.390 e. The fraction of sp³-hybridized carbons (Fsp3) is 0.375. The van der Waals surface area contributed by atoms with E-state index in [9.17, 15) is 23.4 Å². The van der Waals surface area contributed by atoms with Gasteiger partial charge in [0.05, 0.1) is 35.2 Å². The first kappa shape index (κ1) is 25.9. The van der Waals surface area contributed by atoms with Crippen molar-refractivity contribution in [2.24, 2.45) is 11.1 Å². The second-order valence-corrected chi connectivity index (χ2v) is 11.3. The lowest BCUT2D eigenvalue weighted by Gasteiger charge is -2.26. The van der Waals surface area contributed by atoms with Crippen molar-refractivity contribution in [3.63, 3.8) is 0 Å². The van der Waals surface area contributed by atoms with E-state index < -0.39 is 34.5 Å². The van der Waals surface area contributed by atoms with E-state index in [0.717, 1.165) is 18.5 Å². The van der Waals surface area contributed by atoms with Gasteiger partial charge in [0.15, 0.2) is 0 Å². The van der Waals surface area contributed by atoms with Crippen LogP contribution < -0.4 is 15.8 Å². The molecular formula is C24H27N5O6S2. The molecule has 0 radical (unpaired) electrons. The lowest BCUT2D eigenvalue weighted by Crippen LogP contribution is -2.36. The summed E-state index contributed by atoms with van der Waals surface area (Å²) in [5.74, 6) is -0.747. The lowest BCUT2D eigenvalue weighted by molar-refractivity contribution is 0.00778. The molecule has 2 aliphatic rings. The number of anilines is 1. The standard InChI is InChI=1S/C24H27N5O6S2/c25-37(33,34)35-10-14-7-18(23(32)21(14)30)29-24-17(9-26-12-28-24)22(31)19-8-15(11-36-19)20-16-4-2-1-3-13(16)5-6-27-20/h1-4,8-9,11-12,14,18,20-21,23,27,30,32H,5-7,10H2,(H2,25,33,34)(H,26,28,29)/t14-,18-,20+,21-,23+/m1/s1. The van der Waals surface area contributed by atoms with Gasteiger partial charge in [-0.15, -0.1) is 11.3 Å². The topological polar surface area (TPSA) is 177 Å². The molecule has 1 aromatic carbocycles. The smallest absolute Gasteiger partial charge is 0.333 e. The SMILES string of the molecule is NS(=O)(=O)OC[C@H]1C[C@@H](Nc2ncncc2C(=O)c2cc([C@@H]3NCCc4ccccc43)cs2)[C@H](O)[C@@H]1O. The molecule has 0 saturated heterocycles. The minimum atomic E-state index is -4.18. The van der Waals surface area contributed by atoms with Crippen LogP contribution in [-0.4, -0.2) is 65.8 Å². The van der Waals surface area contributed by atoms with Crippen LogP contribution in [0.25, 0.3) is 0 Å². The number of carbonyl (C=O) groups is 1. The summed E-state index contributed by atoms with van der Waals surface area (Å²) in [4.78, 5) is 22.2. The summed E-state index contributed by atoms with van der Waals surface area (Å²) in [5.41, 5.74) is 3.71. The average Bonchev–Trinajstić information content (AvgIpc) is 3.48. The Morgan fingerprint density at radius 3 is 2.89 bits per heavy atom. The van der Waals surface area contributed by atoms with Gasteiger partial charge in [0.1, 0.15) is 18.2 Å². The molecule has 1 aliphatic carbocycles. The zero-order valence-electron chi connectivity index (χ0n) is 19.6. The van der Waals surface area contributed by atoms with E-state index in [2.05, 4.69) is 36.9 Å². The number of nitrogens with zero attached hydrogens (tertiary/aromatic N) is 2. The number of thiophene rings is 1. The van der Waals surface area contributed by atoms with Gasteiger partial charge in [0.25, 0.3) is 0 Å². The highest BCUT2D eigenvalue weighted by atomic mass is 32.2. The van der Waals surface area contributed by atoms with E-state index in [1.54, 1.807) is 0 Å². The molecule has 3 heterocycles. The summed E-state index contributed by atoms with van der Waals surface area (Å²) in [5, 5.41) is 34.2. The van der Waals surface area contributed by atoms with Gasteiger partial charge in [-0.2, -0.15) is 8.42 Å². The van der Waals surface area contributed by atoms with Crippen molar-refractivity contribution in [3.05, 3.63) is 75.4 Å². The van der Waals surface area contributed by atoms with Gasteiger partial charge in [-0.1, -0.05) is 24.3 Å². The van der Waals surface area contributed by atoms with Crippen LogP contribution in [0.1, 0.15) is 44.4 Å². The predicted octanol–water partition coefficient (Wildman–Crippen LogP) is 0.747. The zero-order valence-corrected chi connectivity index (χ0v) is 21.3. The maximum atomic E-state index is 13.5. The number of ketones is 1. The number of hydrogen-bond donors (Lipinski definition) is 5. The second kappa shape index (κ2) is 10.5. The molecule has 1 aliphatic heterocycles. The van der Waals surface area contributed by atoms with Crippen LogP contribution in [0.5, 0.6) is 0 Å². The Bertz CT molecular complexity index is 1400. The molecule has 0 bridgehead atoms. The number of aliphatic hydroxyl groups excluding tert-OH is 2. The van der Waals surface area contributed by atoms with E-state index in [1.165, 1.54) is 35.0 Å². The second-order valence-electron chi connectivity index (χ2n) is 9.20. The number of aromatic nitrogens is 2. The number of fused-ring (bicyclic) bond motifs is 1. The molecule has 2 aromatic heterocycles. The third-order valence-corrected chi connectivity index (χ3v) is 8.22. The molecule has 0 unspecified atom stereocenters. The van der Waals surface area contributed by atoms with Crippen LogP contribution in [-0.2, 0) is 20.9 Å². The zero-order chi connectivity index (χ0) is 26.2. The van der Waals surface area contributed by atoms with Crippen LogP contribution >= 0.6 is 11.3 Å². The molecule has 196 valence electrons. The normalized spacial score (nSPS) is 25.5. The average molecular weight is 546 g/mol. The quantitative estimate of drug-likeness (QED) is 0.254. The van der Waals surface area contributed by atoms with Gasteiger partial charge in [0, 0.05) is 18.7 Å². The fourth-order valence-electron chi connectivity index (χ4n) is 4.96. The highest BCUT2D eigenvalue weighted by Gasteiger charge is 2.42. The molecule has 3 aromatic rings. The van der Waals surface area contributed by atoms with E-state index in [0.29, 0.717) is 4.88 Å².